The van der Waals surface area contributed by atoms with E-state index in [9.17, 15) is 9.59 Å². The number of nitrogens with one attached hydrogen (secondary N) is 1. The van der Waals surface area contributed by atoms with Crippen LogP contribution in [0.5, 0.6) is 0 Å². The first-order chi connectivity index (χ1) is 13.8. The van der Waals surface area contributed by atoms with Crippen LogP contribution in [0.1, 0.15) is 43.4 Å². The van der Waals surface area contributed by atoms with Gasteiger partial charge in [0.25, 0.3) is 0 Å². The van der Waals surface area contributed by atoms with Crippen LogP contribution in [0.2, 0.25) is 10.0 Å². The molecule has 0 aromatic heterocycles. The van der Waals surface area contributed by atoms with Crippen molar-refractivity contribution < 1.29 is 9.59 Å². The zero-order valence-electron chi connectivity index (χ0n) is 17.2. The number of benzene rings is 2. The summed E-state index contributed by atoms with van der Waals surface area (Å²) < 4.78 is 0. The lowest BCUT2D eigenvalue weighted by Crippen LogP contribution is -2.49. The highest BCUT2D eigenvalue weighted by molar-refractivity contribution is 6.35. The Morgan fingerprint density at radius 1 is 1.07 bits per heavy atom. The first kappa shape index (κ1) is 23.2. The van der Waals surface area contributed by atoms with Crippen LogP contribution in [-0.4, -0.2) is 29.3 Å². The zero-order valence-corrected chi connectivity index (χ0v) is 18.7. The Morgan fingerprint density at radius 3 is 2.34 bits per heavy atom. The van der Waals surface area contributed by atoms with Crippen molar-refractivity contribution in [3.8, 4) is 0 Å². The second kappa shape index (κ2) is 11.2. The van der Waals surface area contributed by atoms with Gasteiger partial charge in [0.2, 0.25) is 11.8 Å². The van der Waals surface area contributed by atoms with E-state index in [0.29, 0.717) is 35.1 Å². The van der Waals surface area contributed by atoms with Crippen molar-refractivity contribution in [2.75, 3.05) is 6.54 Å². The summed E-state index contributed by atoms with van der Waals surface area (Å²) in [6.45, 7) is 6.88. The van der Waals surface area contributed by atoms with E-state index in [-0.39, 0.29) is 18.2 Å². The van der Waals surface area contributed by atoms with E-state index < -0.39 is 6.04 Å². The summed E-state index contributed by atoms with van der Waals surface area (Å²) in [5.41, 5.74) is 2.82. The van der Waals surface area contributed by atoms with E-state index in [1.165, 1.54) is 0 Å². The van der Waals surface area contributed by atoms with Crippen molar-refractivity contribution in [1.82, 2.24) is 10.2 Å². The van der Waals surface area contributed by atoms with Crippen LogP contribution < -0.4 is 5.32 Å². The van der Waals surface area contributed by atoms with Gasteiger partial charge in [-0.25, -0.2) is 0 Å². The fourth-order valence-electron chi connectivity index (χ4n) is 3.11. The van der Waals surface area contributed by atoms with Gasteiger partial charge in [0.1, 0.15) is 6.04 Å². The standard InChI is InChI=1S/C23H28Cl2N2O2/c1-4-12-26-23(29)21(5-2)27(15-17-8-6-16(3)7-9-17)22(28)13-18-10-11-19(24)14-20(18)25/h6-11,14,21H,4-5,12-13,15H2,1-3H3,(H,26,29)/t21-/m0/s1. The van der Waals surface area contributed by atoms with Crippen LogP contribution in [0.25, 0.3) is 0 Å². The summed E-state index contributed by atoms with van der Waals surface area (Å²) >= 11 is 12.2. The molecule has 2 aromatic rings. The first-order valence-electron chi connectivity index (χ1n) is 9.92. The lowest BCUT2D eigenvalue weighted by atomic mass is 10.1. The molecule has 0 saturated heterocycles. The van der Waals surface area contributed by atoms with E-state index in [0.717, 1.165) is 17.5 Å². The fourth-order valence-corrected chi connectivity index (χ4v) is 3.58. The monoisotopic (exact) mass is 434 g/mol. The smallest absolute Gasteiger partial charge is 0.242 e. The Hall–Kier alpha value is -2.04. The topological polar surface area (TPSA) is 49.4 Å². The van der Waals surface area contributed by atoms with E-state index in [1.54, 1.807) is 23.1 Å². The maximum atomic E-state index is 13.3. The molecule has 1 N–H and O–H groups in total. The van der Waals surface area contributed by atoms with Gasteiger partial charge in [-0.3, -0.25) is 9.59 Å². The van der Waals surface area contributed by atoms with Crippen molar-refractivity contribution in [3.05, 3.63) is 69.2 Å². The molecule has 4 nitrogen and oxygen atoms in total. The number of hydrogen-bond donors (Lipinski definition) is 1. The number of nitrogens with zero attached hydrogens (tertiary/aromatic N) is 1. The summed E-state index contributed by atoms with van der Waals surface area (Å²) in [6.07, 6.45) is 1.48. The summed E-state index contributed by atoms with van der Waals surface area (Å²) in [4.78, 5) is 27.6. The molecule has 0 fully saturated rings. The largest absolute Gasteiger partial charge is 0.354 e. The molecule has 0 bridgehead atoms. The number of carbonyl (C=O) groups excluding carboxylic acids is 2. The third-order valence-electron chi connectivity index (χ3n) is 4.77. The first-order valence-corrected chi connectivity index (χ1v) is 10.7. The Labute approximate surface area is 183 Å². The van der Waals surface area contributed by atoms with Crippen LogP contribution in [0.4, 0.5) is 0 Å². The highest BCUT2D eigenvalue weighted by atomic mass is 35.5. The van der Waals surface area contributed by atoms with Gasteiger partial charge in [0.15, 0.2) is 0 Å². The molecule has 1 atom stereocenters. The molecular weight excluding hydrogens is 407 g/mol. The Balaban J connectivity index is 2.29. The van der Waals surface area contributed by atoms with E-state index in [1.807, 2.05) is 45.0 Å². The van der Waals surface area contributed by atoms with Crippen LogP contribution in [0.15, 0.2) is 42.5 Å². The number of amides is 2. The third-order valence-corrected chi connectivity index (χ3v) is 5.35. The average molecular weight is 435 g/mol. The Morgan fingerprint density at radius 2 is 1.76 bits per heavy atom. The molecule has 0 aliphatic rings. The Kier molecular flexibility index (Phi) is 8.99. The van der Waals surface area contributed by atoms with Gasteiger partial charge in [-0.1, -0.05) is 72.9 Å². The van der Waals surface area contributed by atoms with Crippen molar-refractivity contribution in [1.29, 1.82) is 0 Å². The molecule has 0 spiro atoms. The van der Waals surface area contributed by atoms with Gasteiger partial charge in [0, 0.05) is 23.1 Å². The quantitative estimate of drug-likeness (QED) is 0.590. The highest BCUT2D eigenvalue weighted by Crippen LogP contribution is 2.23. The summed E-state index contributed by atoms with van der Waals surface area (Å²) in [6, 6.07) is 12.5. The molecule has 0 unspecified atom stereocenters. The molecule has 2 aromatic carbocycles. The molecule has 2 rings (SSSR count). The molecule has 2 amide bonds. The minimum atomic E-state index is -0.540. The lowest BCUT2D eigenvalue weighted by Gasteiger charge is -2.31. The van der Waals surface area contributed by atoms with Gasteiger partial charge in [-0.2, -0.15) is 0 Å². The molecule has 0 heterocycles. The summed E-state index contributed by atoms with van der Waals surface area (Å²) in [5.74, 6) is -0.273. The molecule has 0 aliphatic heterocycles. The molecule has 6 heteroatoms. The van der Waals surface area contributed by atoms with Crippen molar-refractivity contribution >= 4 is 35.0 Å². The van der Waals surface area contributed by atoms with Gasteiger partial charge in [-0.05, 0) is 43.0 Å². The second-order valence-electron chi connectivity index (χ2n) is 7.13. The van der Waals surface area contributed by atoms with Crippen molar-refractivity contribution in [3.63, 3.8) is 0 Å². The van der Waals surface area contributed by atoms with Gasteiger partial charge < -0.3 is 10.2 Å². The van der Waals surface area contributed by atoms with Crippen LogP contribution in [0.3, 0.4) is 0 Å². The van der Waals surface area contributed by atoms with E-state index in [4.69, 9.17) is 23.2 Å². The van der Waals surface area contributed by atoms with Crippen LogP contribution in [-0.2, 0) is 22.6 Å². The molecule has 156 valence electrons. The van der Waals surface area contributed by atoms with E-state index >= 15 is 0 Å². The molecule has 0 saturated carbocycles. The van der Waals surface area contributed by atoms with E-state index in [2.05, 4.69) is 5.32 Å². The predicted molar refractivity (Wildman–Crippen MR) is 119 cm³/mol. The number of rotatable bonds is 9. The molecule has 0 aliphatic carbocycles. The van der Waals surface area contributed by atoms with Crippen molar-refractivity contribution in [2.45, 2.75) is 52.6 Å². The summed E-state index contributed by atoms with van der Waals surface area (Å²) in [5, 5.41) is 3.89. The zero-order chi connectivity index (χ0) is 21.4. The fraction of sp³-hybridized carbons (Fsp3) is 0.391. The van der Waals surface area contributed by atoms with Crippen LogP contribution >= 0.6 is 23.2 Å². The maximum absolute atomic E-state index is 13.3. The average Bonchev–Trinajstić information content (AvgIpc) is 2.69. The number of halogens is 2. The Bertz CT molecular complexity index is 837. The normalized spacial score (nSPS) is 11.8. The van der Waals surface area contributed by atoms with Crippen LogP contribution in [0, 0.1) is 6.92 Å². The SMILES string of the molecule is CCCNC(=O)[C@H](CC)N(Cc1ccc(C)cc1)C(=O)Cc1ccc(Cl)cc1Cl. The molecule has 29 heavy (non-hydrogen) atoms. The number of carbonyl (C=O) groups is 2. The number of hydrogen-bond acceptors (Lipinski definition) is 2. The van der Waals surface area contributed by atoms with Gasteiger partial charge in [-0.15, -0.1) is 0 Å². The highest BCUT2D eigenvalue weighted by Gasteiger charge is 2.28. The minimum absolute atomic E-state index is 0.111. The van der Waals surface area contributed by atoms with Gasteiger partial charge >= 0.3 is 0 Å². The summed E-state index contributed by atoms with van der Waals surface area (Å²) in [7, 11) is 0. The predicted octanol–water partition coefficient (Wildman–Crippen LogP) is 5.18. The second-order valence-corrected chi connectivity index (χ2v) is 7.98. The lowest BCUT2D eigenvalue weighted by molar-refractivity contribution is -0.140. The van der Waals surface area contributed by atoms with Crippen molar-refractivity contribution in [2.24, 2.45) is 0 Å². The molecular formula is C23H28Cl2N2O2. The van der Waals surface area contributed by atoms with Gasteiger partial charge in [0.05, 0.1) is 6.42 Å². The maximum Gasteiger partial charge on any atom is 0.242 e. The third kappa shape index (κ3) is 6.76. The molecule has 0 radical (unpaired) electrons. The minimum Gasteiger partial charge on any atom is -0.354 e. The number of aryl methyl sites for hydroxylation is 1.